The minimum atomic E-state index is 0.268. The van der Waals surface area contributed by atoms with E-state index in [1.807, 2.05) is 31.4 Å². The fraction of sp³-hybridized carbons (Fsp3) is 0.353. The van der Waals surface area contributed by atoms with E-state index in [1.54, 1.807) is 0 Å². The van der Waals surface area contributed by atoms with E-state index in [4.69, 9.17) is 11.6 Å². The van der Waals surface area contributed by atoms with Crippen molar-refractivity contribution in [3.05, 3.63) is 63.9 Å². The van der Waals surface area contributed by atoms with Crippen LogP contribution in [0, 0.1) is 6.92 Å². The summed E-state index contributed by atoms with van der Waals surface area (Å²) in [6, 6.07) is 10.6. The Morgan fingerprint density at radius 3 is 2.95 bits per heavy atom. The third-order valence-corrected chi connectivity index (χ3v) is 4.77. The summed E-state index contributed by atoms with van der Waals surface area (Å²) in [5.74, 6) is 0.424. The normalized spacial score (nSPS) is 18.9. The number of nitrogens with one attached hydrogen (secondary N) is 1. The van der Waals surface area contributed by atoms with Gasteiger partial charge in [-0.1, -0.05) is 29.8 Å². The largest absolute Gasteiger partial charge is 0.312 e. The third kappa shape index (κ3) is 2.23. The highest BCUT2D eigenvalue weighted by Gasteiger charge is 2.31. The van der Waals surface area contributed by atoms with E-state index in [0.717, 1.165) is 23.4 Å². The number of nitrogens with zero attached hydrogens (tertiary/aromatic N) is 1. The Kier molecular flexibility index (Phi) is 3.77. The van der Waals surface area contributed by atoms with Gasteiger partial charge in [0.2, 0.25) is 0 Å². The maximum Gasteiger partial charge on any atom is 0.0485 e. The van der Waals surface area contributed by atoms with Crippen molar-refractivity contribution in [1.82, 2.24) is 10.3 Å². The van der Waals surface area contributed by atoms with Crippen LogP contribution in [0.5, 0.6) is 0 Å². The molecule has 2 atom stereocenters. The molecule has 0 saturated carbocycles. The van der Waals surface area contributed by atoms with Crippen molar-refractivity contribution >= 4 is 11.6 Å². The summed E-state index contributed by atoms with van der Waals surface area (Å²) in [7, 11) is 2.02. The van der Waals surface area contributed by atoms with E-state index in [2.05, 4.69) is 29.4 Å². The third-order valence-electron chi connectivity index (χ3n) is 4.36. The van der Waals surface area contributed by atoms with Gasteiger partial charge < -0.3 is 5.32 Å². The Bertz CT molecular complexity index is 624. The molecule has 1 aromatic heterocycles. The fourth-order valence-electron chi connectivity index (χ4n) is 3.30. The molecule has 0 radical (unpaired) electrons. The van der Waals surface area contributed by atoms with Gasteiger partial charge in [-0.05, 0) is 55.6 Å². The Labute approximate surface area is 125 Å². The lowest BCUT2D eigenvalue weighted by atomic mass is 9.88. The summed E-state index contributed by atoms with van der Waals surface area (Å²) >= 11 is 6.28. The zero-order chi connectivity index (χ0) is 14.1. The van der Waals surface area contributed by atoms with Gasteiger partial charge in [0.1, 0.15) is 0 Å². The quantitative estimate of drug-likeness (QED) is 0.921. The van der Waals surface area contributed by atoms with Gasteiger partial charge in [0.05, 0.1) is 0 Å². The van der Waals surface area contributed by atoms with Crippen LogP contribution in [-0.2, 0) is 6.42 Å². The number of benzene rings is 1. The average molecular weight is 287 g/mol. The Hall–Kier alpha value is -1.38. The number of halogens is 1. The SMILES string of the molecule is CNC(c1cccc(Cl)c1C)C1CCc2cccnc21. The molecule has 3 heteroatoms. The van der Waals surface area contributed by atoms with Crippen molar-refractivity contribution < 1.29 is 0 Å². The predicted octanol–water partition coefficient (Wildman–Crippen LogP) is 4.03. The Morgan fingerprint density at radius 2 is 2.15 bits per heavy atom. The topological polar surface area (TPSA) is 24.9 Å². The molecule has 2 unspecified atom stereocenters. The van der Waals surface area contributed by atoms with Crippen molar-refractivity contribution in [1.29, 1.82) is 0 Å². The molecule has 1 aliphatic carbocycles. The van der Waals surface area contributed by atoms with Gasteiger partial charge in [0.25, 0.3) is 0 Å². The fourth-order valence-corrected chi connectivity index (χ4v) is 3.48. The molecule has 1 N–H and O–H groups in total. The van der Waals surface area contributed by atoms with Crippen LogP contribution in [0.3, 0.4) is 0 Å². The Morgan fingerprint density at radius 1 is 1.30 bits per heavy atom. The van der Waals surface area contributed by atoms with Crippen LogP contribution in [-0.4, -0.2) is 12.0 Å². The summed E-state index contributed by atoms with van der Waals surface area (Å²) < 4.78 is 0. The first kappa shape index (κ1) is 13.6. The number of hydrogen-bond donors (Lipinski definition) is 1. The molecule has 0 spiro atoms. The standard InChI is InChI=1S/C17H19ClN2/c1-11-13(6-3-7-15(11)18)17(19-2)14-9-8-12-5-4-10-20-16(12)14/h3-7,10,14,17,19H,8-9H2,1-2H3. The summed E-state index contributed by atoms with van der Waals surface area (Å²) in [6.07, 6.45) is 4.16. The second-order valence-corrected chi connectivity index (χ2v) is 5.82. The summed E-state index contributed by atoms with van der Waals surface area (Å²) in [5.41, 5.74) is 5.07. The van der Waals surface area contributed by atoms with E-state index in [0.29, 0.717) is 5.92 Å². The average Bonchev–Trinajstić information content (AvgIpc) is 2.88. The van der Waals surface area contributed by atoms with Gasteiger partial charge in [-0.25, -0.2) is 0 Å². The van der Waals surface area contributed by atoms with Gasteiger partial charge in [0, 0.05) is 28.9 Å². The molecule has 0 fully saturated rings. The van der Waals surface area contributed by atoms with Crippen LogP contribution in [0.1, 0.15) is 40.8 Å². The molecule has 0 bridgehead atoms. The monoisotopic (exact) mass is 286 g/mol. The lowest BCUT2D eigenvalue weighted by Crippen LogP contribution is -2.24. The summed E-state index contributed by atoms with van der Waals surface area (Å²) in [6.45, 7) is 2.09. The number of rotatable bonds is 3. The molecule has 2 nitrogen and oxygen atoms in total. The molecule has 1 aliphatic rings. The number of aromatic nitrogens is 1. The number of likely N-dealkylation sites (N-methyl/N-ethyl adjacent to an activating group) is 1. The van der Waals surface area contributed by atoms with Crippen LogP contribution in [0.25, 0.3) is 0 Å². The molecule has 3 rings (SSSR count). The van der Waals surface area contributed by atoms with Gasteiger partial charge in [0.15, 0.2) is 0 Å². The lowest BCUT2D eigenvalue weighted by Gasteiger charge is -2.25. The van der Waals surface area contributed by atoms with Crippen molar-refractivity contribution in [2.45, 2.75) is 31.7 Å². The van der Waals surface area contributed by atoms with E-state index >= 15 is 0 Å². The second kappa shape index (κ2) is 5.55. The number of pyridine rings is 1. The number of fused-ring (bicyclic) bond motifs is 1. The maximum atomic E-state index is 6.28. The van der Waals surface area contributed by atoms with Gasteiger partial charge >= 0.3 is 0 Å². The molecule has 0 aliphatic heterocycles. The van der Waals surface area contributed by atoms with Crippen LogP contribution in [0.2, 0.25) is 5.02 Å². The zero-order valence-corrected chi connectivity index (χ0v) is 12.6. The molecule has 1 heterocycles. The zero-order valence-electron chi connectivity index (χ0n) is 11.9. The predicted molar refractivity (Wildman–Crippen MR) is 83.3 cm³/mol. The van der Waals surface area contributed by atoms with Gasteiger partial charge in [-0.2, -0.15) is 0 Å². The highest BCUT2D eigenvalue weighted by molar-refractivity contribution is 6.31. The van der Waals surface area contributed by atoms with Crippen molar-refractivity contribution in [2.24, 2.45) is 0 Å². The van der Waals surface area contributed by atoms with E-state index < -0.39 is 0 Å². The smallest absolute Gasteiger partial charge is 0.0485 e. The molecule has 20 heavy (non-hydrogen) atoms. The highest BCUT2D eigenvalue weighted by atomic mass is 35.5. The number of hydrogen-bond acceptors (Lipinski definition) is 2. The van der Waals surface area contributed by atoms with Crippen LogP contribution < -0.4 is 5.32 Å². The van der Waals surface area contributed by atoms with Gasteiger partial charge in [-0.15, -0.1) is 0 Å². The molecule has 104 valence electrons. The molecular formula is C17H19ClN2. The second-order valence-electron chi connectivity index (χ2n) is 5.41. The first-order valence-electron chi connectivity index (χ1n) is 7.08. The highest BCUT2D eigenvalue weighted by Crippen LogP contribution is 2.41. The summed E-state index contributed by atoms with van der Waals surface area (Å²) in [4.78, 5) is 4.61. The van der Waals surface area contributed by atoms with Gasteiger partial charge in [-0.3, -0.25) is 4.98 Å². The molecule has 0 amide bonds. The Balaban J connectivity index is 2.02. The van der Waals surface area contributed by atoms with Crippen LogP contribution in [0.15, 0.2) is 36.5 Å². The van der Waals surface area contributed by atoms with E-state index in [9.17, 15) is 0 Å². The molecular weight excluding hydrogens is 268 g/mol. The molecule has 1 aromatic carbocycles. The first-order valence-corrected chi connectivity index (χ1v) is 7.46. The maximum absolute atomic E-state index is 6.28. The summed E-state index contributed by atoms with van der Waals surface area (Å²) in [5, 5.41) is 4.31. The minimum Gasteiger partial charge on any atom is -0.312 e. The van der Waals surface area contributed by atoms with Crippen molar-refractivity contribution in [3.8, 4) is 0 Å². The first-order chi connectivity index (χ1) is 9.72. The van der Waals surface area contributed by atoms with Crippen molar-refractivity contribution in [2.75, 3.05) is 7.05 Å². The van der Waals surface area contributed by atoms with Crippen LogP contribution in [0.4, 0.5) is 0 Å². The van der Waals surface area contributed by atoms with E-state index in [-0.39, 0.29) is 6.04 Å². The lowest BCUT2D eigenvalue weighted by molar-refractivity contribution is 0.468. The molecule has 2 aromatic rings. The number of aryl methyl sites for hydroxylation is 1. The van der Waals surface area contributed by atoms with E-state index in [1.165, 1.54) is 16.8 Å². The van der Waals surface area contributed by atoms with Crippen molar-refractivity contribution in [3.63, 3.8) is 0 Å². The minimum absolute atomic E-state index is 0.268. The molecule has 0 saturated heterocycles. The van der Waals surface area contributed by atoms with Crippen LogP contribution >= 0.6 is 11.6 Å².